The molecule has 84 valence electrons. The molecule has 1 saturated heterocycles. The van der Waals surface area contributed by atoms with Crippen LogP contribution in [0.1, 0.15) is 31.5 Å². The van der Waals surface area contributed by atoms with Crippen LogP contribution in [0.15, 0.2) is 4.52 Å². The smallest absolute Gasteiger partial charge is 0.240 e. The van der Waals surface area contributed by atoms with Gasteiger partial charge in [-0.25, -0.2) is 0 Å². The molecular weight excluding hydrogens is 192 g/mol. The number of aryl methyl sites for hydroxylation is 1. The van der Waals surface area contributed by atoms with E-state index in [2.05, 4.69) is 22.0 Å². The molecule has 2 N–H and O–H groups in total. The molecule has 5 heteroatoms. The Bertz CT molecular complexity index is 312. The first-order chi connectivity index (χ1) is 7.28. The van der Waals surface area contributed by atoms with Crippen LogP contribution in [0.2, 0.25) is 0 Å². The lowest BCUT2D eigenvalue weighted by Crippen LogP contribution is -2.26. The maximum absolute atomic E-state index is 5.82. The van der Waals surface area contributed by atoms with E-state index < -0.39 is 0 Å². The van der Waals surface area contributed by atoms with Gasteiger partial charge in [-0.15, -0.1) is 0 Å². The molecule has 0 amide bonds. The molecule has 0 saturated carbocycles. The van der Waals surface area contributed by atoms with Gasteiger partial charge in [0.1, 0.15) is 0 Å². The van der Waals surface area contributed by atoms with Crippen molar-refractivity contribution in [2.75, 3.05) is 13.1 Å². The first-order valence-corrected chi connectivity index (χ1v) is 5.57. The van der Waals surface area contributed by atoms with Crippen molar-refractivity contribution in [3.8, 4) is 0 Å². The summed E-state index contributed by atoms with van der Waals surface area (Å²) in [5.41, 5.74) is 5.82. The van der Waals surface area contributed by atoms with Crippen molar-refractivity contribution < 1.29 is 4.52 Å². The van der Waals surface area contributed by atoms with E-state index in [1.807, 2.05) is 0 Å². The number of aromatic nitrogens is 2. The second-order valence-electron chi connectivity index (χ2n) is 4.14. The van der Waals surface area contributed by atoms with E-state index in [0.717, 1.165) is 44.7 Å². The van der Waals surface area contributed by atoms with Gasteiger partial charge in [0.05, 0.1) is 6.54 Å². The van der Waals surface area contributed by atoms with Gasteiger partial charge in [0.25, 0.3) is 0 Å². The Hall–Kier alpha value is -0.940. The average Bonchev–Trinajstić information content (AvgIpc) is 2.78. The van der Waals surface area contributed by atoms with Crippen molar-refractivity contribution in [2.24, 2.45) is 5.73 Å². The predicted molar refractivity (Wildman–Crippen MR) is 56.2 cm³/mol. The Kier molecular flexibility index (Phi) is 3.33. The summed E-state index contributed by atoms with van der Waals surface area (Å²) in [5.74, 6) is 1.53. The molecule has 2 rings (SSSR count). The zero-order valence-corrected chi connectivity index (χ0v) is 9.15. The highest BCUT2D eigenvalue weighted by Gasteiger charge is 2.20. The maximum atomic E-state index is 5.82. The van der Waals surface area contributed by atoms with Crippen molar-refractivity contribution in [1.82, 2.24) is 15.0 Å². The highest BCUT2D eigenvalue weighted by molar-refractivity contribution is 4.88. The van der Waals surface area contributed by atoms with Gasteiger partial charge in [0, 0.05) is 25.6 Å². The summed E-state index contributed by atoms with van der Waals surface area (Å²) in [4.78, 5) is 6.59. The second-order valence-corrected chi connectivity index (χ2v) is 4.14. The van der Waals surface area contributed by atoms with Gasteiger partial charge < -0.3 is 10.3 Å². The van der Waals surface area contributed by atoms with Crippen molar-refractivity contribution in [1.29, 1.82) is 0 Å². The fourth-order valence-electron chi connectivity index (χ4n) is 1.88. The third-order valence-corrected chi connectivity index (χ3v) is 2.65. The Balaban J connectivity index is 1.87. The van der Waals surface area contributed by atoms with Gasteiger partial charge in [-0.2, -0.15) is 4.98 Å². The SMILES string of the molecule is CCCc1noc(CN2CC[C@@H](N)C2)n1. The molecule has 0 aromatic carbocycles. The molecule has 0 unspecified atom stereocenters. The lowest BCUT2D eigenvalue weighted by Gasteiger charge is -2.10. The third kappa shape index (κ3) is 2.76. The van der Waals surface area contributed by atoms with Crippen molar-refractivity contribution >= 4 is 0 Å². The van der Waals surface area contributed by atoms with Crippen LogP contribution in [0, 0.1) is 0 Å². The molecule has 1 aliphatic rings. The minimum Gasteiger partial charge on any atom is -0.338 e. The number of nitrogens with zero attached hydrogens (tertiary/aromatic N) is 3. The van der Waals surface area contributed by atoms with E-state index in [1.54, 1.807) is 0 Å². The van der Waals surface area contributed by atoms with Gasteiger partial charge in [-0.05, 0) is 12.8 Å². The van der Waals surface area contributed by atoms with Crippen LogP contribution in [0.3, 0.4) is 0 Å². The van der Waals surface area contributed by atoms with Crippen LogP contribution >= 0.6 is 0 Å². The Labute approximate surface area is 89.6 Å². The molecule has 1 aliphatic heterocycles. The van der Waals surface area contributed by atoms with Crippen LogP contribution in [0.4, 0.5) is 0 Å². The monoisotopic (exact) mass is 210 g/mol. The molecule has 1 aromatic rings. The van der Waals surface area contributed by atoms with Crippen LogP contribution < -0.4 is 5.73 Å². The van der Waals surface area contributed by atoms with E-state index >= 15 is 0 Å². The van der Waals surface area contributed by atoms with Gasteiger partial charge >= 0.3 is 0 Å². The molecule has 1 aromatic heterocycles. The van der Waals surface area contributed by atoms with Crippen LogP contribution in [0.25, 0.3) is 0 Å². The molecule has 0 bridgehead atoms. The van der Waals surface area contributed by atoms with Crippen LogP contribution in [0.5, 0.6) is 0 Å². The Morgan fingerprint density at radius 1 is 1.60 bits per heavy atom. The van der Waals surface area contributed by atoms with Crippen LogP contribution in [-0.2, 0) is 13.0 Å². The van der Waals surface area contributed by atoms with E-state index in [-0.39, 0.29) is 0 Å². The second kappa shape index (κ2) is 4.72. The van der Waals surface area contributed by atoms with Gasteiger partial charge in [0.2, 0.25) is 5.89 Å². The lowest BCUT2D eigenvalue weighted by molar-refractivity contribution is 0.265. The van der Waals surface area contributed by atoms with E-state index in [0.29, 0.717) is 11.9 Å². The fraction of sp³-hybridized carbons (Fsp3) is 0.800. The topological polar surface area (TPSA) is 68.2 Å². The lowest BCUT2D eigenvalue weighted by atomic mass is 10.3. The van der Waals surface area contributed by atoms with Crippen molar-refractivity contribution in [2.45, 2.75) is 38.8 Å². The van der Waals surface area contributed by atoms with E-state index in [1.165, 1.54) is 0 Å². The van der Waals surface area contributed by atoms with Crippen LogP contribution in [-0.4, -0.2) is 34.2 Å². The standard InChI is InChI=1S/C10H18N4O/c1-2-3-9-12-10(15-13-9)7-14-5-4-8(11)6-14/h8H,2-7,11H2,1H3/t8-/m1/s1. The van der Waals surface area contributed by atoms with Gasteiger partial charge in [-0.1, -0.05) is 12.1 Å². The normalized spacial score (nSPS) is 22.4. The third-order valence-electron chi connectivity index (χ3n) is 2.65. The maximum Gasteiger partial charge on any atom is 0.240 e. The highest BCUT2D eigenvalue weighted by Crippen LogP contribution is 2.11. The molecule has 1 fully saturated rings. The zero-order valence-electron chi connectivity index (χ0n) is 9.15. The average molecular weight is 210 g/mol. The first-order valence-electron chi connectivity index (χ1n) is 5.57. The quantitative estimate of drug-likeness (QED) is 0.786. The number of likely N-dealkylation sites (tertiary alicyclic amines) is 1. The minimum atomic E-state index is 0.308. The predicted octanol–water partition coefficient (Wildman–Crippen LogP) is 0.555. The highest BCUT2D eigenvalue weighted by atomic mass is 16.5. The molecule has 0 aliphatic carbocycles. The molecule has 5 nitrogen and oxygen atoms in total. The summed E-state index contributed by atoms with van der Waals surface area (Å²) in [7, 11) is 0. The molecule has 2 heterocycles. The summed E-state index contributed by atoms with van der Waals surface area (Å²) in [6, 6.07) is 0.308. The summed E-state index contributed by atoms with van der Waals surface area (Å²) in [6.07, 6.45) is 3.01. The number of nitrogens with two attached hydrogens (primary N) is 1. The van der Waals surface area contributed by atoms with Crippen molar-refractivity contribution in [3.63, 3.8) is 0 Å². The molecular formula is C10H18N4O. The van der Waals surface area contributed by atoms with E-state index in [4.69, 9.17) is 10.3 Å². The summed E-state index contributed by atoms with van der Waals surface area (Å²) >= 11 is 0. The van der Waals surface area contributed by atoms with E-state index in [9.17, 15) is 0 Å². The summed E-state index contributed by atoms with van der Waals surface area (Å²) in [6.45, 7) is 4.82. The zero-order chi connectivity index (χ0) is 10.7. The molecule has 1 atom stereocenters. The van der Waals surface area contributed by atoms with Gasteiger partial charge in [0.15, 0.2) is 5.82 Å². The number of hydrogen-bond donors (Lipinski definition) is 1. The summed E-state index contributed by atoms with van der Waals surface area (Å²) < 4.78 is 5.17. The summed E-state index contributed by atoms with van der Waals surface area (Å²) in [5, 5.41) is 3.92. The van der Waals surface area contributed by atoms with Crippen molar-refractivity contribution in [3.05, 3.63) is 11.7 Å². The molecule has 15 heavy (non-hydrogen) atoms. The molecule has 0 radical (unpaired) electrons. The first kappa shape index (κ1) is 10.6. The largest absolute Gasteiger partial charge is 0.338 e. The van der Waals surface area contributed by atoms with Gasteiger partial charge in [-0.3, -0.25) is 4.90 Å². The Morgan fingerprint density at radius 2 is 2.47 bits per heavy atom. The minimum absolute atomic E-state index is 0.308. The molecule has 0 spiro atoms. The number of hydrogen-bond acceptors (Lipinski definition) is 5. The number of rotatable bonds is 4. The Morgan fingerprint density at radius 3 is 3.13 bits per heavy atom. The fourth-order valence-corrected chi connectivity index (χ4v) is 1.88.